The molecular weight excluding hydrogens is 218 g/mol. The van der Waals surface area contributed by atoms with Crippen molar-refractivity contribution in [3.8, 4) is 0 Å². The predicted octanol–water partition coefficient (Wildman–Crippen LogP) is 4.07. The Balaban J connectivity index is 2.10. The molecule has 0 aliphatic carbocycles. The first-order valence-corrected chi connectivity index (χ1v) is 6.99. The molecule has 94 valence electrons. The Kier molecular flexibility index (Phi) is 3.09. The molecule has 0 saturated heterocycles. The van der Waals surface area contributed by atoms with Gasteiger partial charge in [0, 0.05) is 6.04 Å². The normalized spacial score (nSPS) is 19.2. The van der Waals surface area contributed by atoms with Crippen LogP contribution < -0.4 is 5.32 Å². The molecule has 1 N–H and O–H groups in total. The molecule has 0 bridgehead atoms. The van der Waals surface area contributed by atoms with Crippen molar-refractivity contribution in [2.75, 3.05) is 6.54 Å². The SMILES string of the molecule is CC(C)CC1NCCc2c1ccc1ccccc21. The van der Waals surface area contributed by atoms with Crippen molar-refractivity contribution in [1.29, 1.82) is 0 Å². The Hall–Kier alpha value is -1.34. The highest BCUT2D eigenvalue weighted by Gasteiger charge is 2.21. The van der Waals surface area contributed by atoms with Crippen molar-refractivity contribution in [2.24, 2.45) is 5.92 Å². The molecule has 2 aromatic rings. The highest BCUT2D eigenvalue weighted by atomic mass is 14.9. The Morgan fingerprint density at radius 1 is 1.17 bits per heavy atom. The number of benzene rings is 2. The van der Waals surface area contributed by atoms with Crippen LogP contribution in [0.15, 0.2) is 36.4 Å². The van der Waals surface area contributed by atoms with Crippen molar-refractivity contribution in [1.82, 2.24) is 5.32 Å². The Bertz CT molecular complexity index is 557. The van der Waals surface area contributed by atoms with Crippen LogP contribution in [-0.4, -0.2) is 6.54 Å². The van der Waals surface area contributed by atoms with Gasteiger partial charge in [0.1, 0.15) is 0 Å². The highest BCUT2D eigenvalue weighted by Crippen LogP contribution is 2.32. The second-order valence-electron chi connectivity index (χ2n) is 5.74. The van der Waals surface area contributed by atoms with E-state index in [1.165, 1.54) is 22.8 Å². The topological polar surface area (TPSA) is 12.0 Å². The van der Waals surface area contributed by atoms with Gasteiger partial charge in [-0.25, -0.2) is 0 Å². The lowest BCUT2D eigenvalue weighted by atomic mass is 9.86. The minimum atomic E-state index is 0.540. The van der Waals surface area contributed by atoms with Gasteiger partial charge in [-0.1, -0.05) is 50.2 Å². The molecule has 1 atom stereocenters. The van der Waals surface area contributed by atoms with Gasteiger partial charge < -0.3 is 5.32 Å². The molecule has 18 heavy (non-hydrogen) atoms. The van der Waals surface area contributed by atoms with Crippen LogP contribution in [0, 0.1) is 5.92 Å². The van der Waals surface area contributed by atoms with Gasteiger partial charge in [0.15, 0.2) is 0 Å². The van der Waals surface area contributed by atoms with Crippen LogP contribution in [-0.2, 0) is 6.42 Å². The van der Waals surface area contributed by atoms with E-state index in [2.05, 4.69) is 55.6 Å². The van der Waals surface area contributed by atoms with E-state index >= 15 is 0 Å². The molecule has 0 saturated carbocycles. The summed E-state index contributed by atoms with van der Waals surface area (Å²) in [6.45, 7) is 5.71. The van der Waals surface area contributed by atoms with Gasteiger partial charge in [-0.15, -0.1) is 0 Å². The number of hydrogen-bond donors (Lipinski definition) is 1. The standard InChI is InChI=1S/C17H21N/c1-12(2)11-17-16-8-7-13-5-3-4-6-14(13)15(16)9-10-18-17/h3-8,12,17-18H,9-11H2,1-2H3. The Morgan fingerprint density at radius 2 is 2.00 bits per heavy atom. The molecule has 0 amide bonds. The maximum absolute atomic E-state index is 3.67. The molecule has 1 heterocycles. The van der Waals surface area contributed by atoms with Crippen molar-refractivity contribution in [3.63, 3.8) is 0 Å². The quantitative estimate of drug-likeness (QED) is 0.833. The van der Waals surface area contributed by atoms with Crippen molar-refractivity contribution in [3.05, 3.63) is 47.5 Å². The summed E-state index contributed by atoms with van der Waals surface area (Å²) >= 11 is 0. The fourth-order valence-electron chi connectivity index (χ4n) is 3.12. The average Bonchev–Trinajstić information content (AvgIpc) is 2.38. The van der Waals surface area contributed by atoms with E-state index in [-0.39, 0.29) is 0 Å². The largest absolute Gasteiger partial charge is 0.310 e. The molecule has 0 radical (unpaired) electrons. The fourth-order valence-corrected chi connectivity index (χ4v) is 3.12. The summed E-state index contributed by atoms with van der Waals surface area (Å²) in [6.07, 6.45) is 2.39. The summed E-state index contributed by atoms with van der Waals surface area (Å²) < 4.78 is 0. The third-order valence-corrected chi connectivity index (χ3v) is 3.93. The monoisotopic (exact) mass is 239 g/mol. The average molecular weight is 239 g/mol. The Labute approximate surface area is 109 Å². The van der Waals surface area contributed by atoms with Crippen LogP contribution >= 0.6 is 0 Å². The Morgan fingerprint density at radius 3 is 2.83 bits per heavy atom. The minimum absolute atomic E-state index is 0.540. The van der Waals surface area contributed by atoms with Gasteiger partial charge in [-0.2, -0.15) is 0 Å². The maximum atomic E-state index is 3.67. The molecule has 1 heteroatoms. The molecule has 0 aromatic heterocycles. The van der Waals surface area contributed by atoms with Crippen LogP contribution in [0.2, 0.25) is 0 Å². The van der Waals surface area contributed by atoms with Gasteiger partial charge in [0.25, 0.3) is 0 Å². The predicted molar refractivity (Wildman–Crippen MR) is 77.9 cm³/mol. The second-order valence-corrected chi connectivity index (χ2v) is 5.74. The van der Waals surface area contributed by atoms with Gasteiger partial charge >= 0.3 is 0 Å². The van der Waals surface area contributed by atoms with E-state index in [4.69, 9.17) is 0 Å². The lowest BCUT2D eigenvalue weighted by Gasteiger charge is -2.29. The first kappa shape index (κ1) is 11.7. The highest BCUT2D eigenvalue weighted by molar-refractivity contribution is 5.87. The third kappa shape index (κ3) is 2.04. The molecule has 1 nitrogen and oxygen atoms in total. The maximum Gasteiger partial charge on any atom is 0.0325 e. The lowest BCUT2D eigenvalue weighted by Crippen LogP contribution is -2.30. The molecule has 0 fully saturated rings. The summed E-state index contributed by atoms with van der Waals surface area (Å²) in [5, 5.41) is 6.50. The number of rotatable bonds is 2. The number of nitrogens with one attached hydrogen (secondary N) is 1. The number of fused-ring (bicyclic) bond motifs is 3. The van der Waals surface area contributed by atoms with Crippen LogP contribution in [0.1, 0.15) is 37.4 Å². The minimum Gasteiger partial charge on any atom is -0.310 e. The van der Waals surface area contributed by atoms with E-state index in [0.717, 1.165) is 18.9 Å². The summed E-state index contributed by atoms with van der Waals surface area (Å²) in [7, 11) is 0. The summed E-state index contributed by atoms with van der Waals surface area (Å²) in [5.74, 6) is 0.736. The van der Waals surface area contributed by atoms with Crippen molar-refractivity contribution < 1.29 is 0 Å². The fraction of sp³-hybridized carbons (Fsp3) is 0.412. The summed E-state index contributed by atoms with van der Waals surface area (Å²) in [4.78, 5) is 0. The molecule has 1 aliphatic heterocycles. The molecule has 2 aromatic carbocycles. The molecule has 3 rings (SSSR count). The van der Waals surface area contributed by atoms with Crippen LogP contribution in [0.5, 0.6) is 0 Å². The van der Waals surface area contributed by atoms with Crippen LogP contribution in [0.4, 0.5) is 0 Å². The summed E-state index contributed by atoms with van der Waals surface area (Å²) in [5.41, 5.74) is 3.09. The van der Waals surface area contributed by atoms with Gasteiger partial charge in [0.2, 0.25) is 0 Å². The smallest absolute Gasteiger partial charge is 0.0325 e. The van der Waals surface area contributed by atoms with Gasteiger partial charge in [-0.3, -0.25) is 0 Å². The van der Waals surface area contributed by atoms with E-state index in [0.29, 0.717) is 6.04 Å². The summed E-state index contributed by atoms with van der Waals surface area (Å²) in [6, 6.07) is 13.9. The van der Waals surface area contributed by atoms with Crippen LogP contribution in [0.3, 0.4) is 0 Å². The van der Waals surface area contributed by atoms with Crippen LogP contribution in [0.25, 0.3) is 10.8 Å². The van der Waals surface area contributed by atoms with E-state index in [1.807, 2.05) is 0 Å². The van der Waals surface area contributed by atoms with E-state index in [9.17, 15) is 0 Å². The van der Waals surface area contributed by atoms with Crippen molar-refractivity contribution >= 4 is 10.8 Å². The van der Waals surface area contributed by atoms with Gasteiger partial charge in [-0.05, 0) is 47.2 Å². The zero-order valence-electron chi connectivity index (χ0n) is 11.2. The number of hydrogen-bond acceptors (Lipinski definition) is 1. The lowest BCUT2D eigenvalue weighted by molar-refractivity contribution is 0.415. The van der Waals surface area contributed by atoms with E-state index < -0.39 is 0 Å². The second kappa shape index (κ2) is 4.74. The molecule has 1 unspecified atom stereocenters. The zero-order valence-corrected chi connectivity index (χ0v) is 11.2. The zero-order chi connectivity index (χ0) is 12.5. The molecular formula is C17H21N. The molecule has 0 spiro atoms. The first-order valence-electron chi connectivity index (χ1n) is 6.99. The third-order valence-electron chi connectivity index (χ3n) is 3.93. The molecule has 1 aliphatic rings. The van der Waals surface area contributed by atoms with Gasteiger partial charge in [0.05, 0.1) is 0 Å². The van der Waals surface area contributed by atoms with E-state index in [1.54, 1.807) is 5.56 Å². The van der Waals surface area contributed by atoms with Crippen molar-refractivity contribution in [2.45, 2.75) is 32.7 Å². The first-order chi connectivity index (χ1) is 8.75.